The van der Waals surface area contributed by atoms with E-state index in [4.69, 9.17) is 4.74 Å². The van der Waals surface area contributed by atoms with Gasteiger partial charge in [0.15, 0.2) is 0 Å². The summed E-state index contributed by atoms with van der Waals surface area (Å²) in [5.41, 5.74) is 0. The molecule has 2 aliphatic rings. The molecule has 0 saturated carbocycles. The van der Waals surface area contributed by atoms with E-state index in [9.17, 15) is 4.79 Å². The average Bonchev–Trinajstić information content (AvgIpc) is 2.44. The van der Waals surface area contributed by atoms with Gasteiger partial charge in [0, 0.05) is 31.7 Å². The van der Waals surface area contributed by atoms with Gasteiger partial charge >= 0.3 is 0 Å². The molecule has 0 aromatic heterocycles. The molecule has 2 atom stereocenters. The zero-order valence-electron chi connectivity index (χ0n) is 9.13. The van der Waals surface area contributed by atoms with Gasteiger partial charge in [-0.1, -0.05) is 0 Å². The molecule has 0 spiro atoms. The Kier molecular flexibility index (Phi) is 3.97. The molecule has 2 rings (SSSR count). The van der Waals surface area contributed by atoms with Crippen LogP contribution in [-0.4, -0.2) is 37.7 Å². The van der Waals surface area contributed by atoms with Crippen LogP contribution in [0.4, 0.5) is 0 Å². The highest BCUT2D eigenvalue weighted by atomic mass is 16.5. The van der Waals surface area contributed by atoms with E-state index < -0.39 is 0 Å². The third-order valence-corrected chi connectivity index (χ3v) is 3.12. The lowest BCUT2D eigenvalue weighted by atomic mass is 10.0. The van der Waals surface area contributed by atoms with Gasteiger partial charge in [0.05, 0.1) is 6.61 Å². The van der Waals surface area contributed by atoms with Crippen LogP contribution in [0, 0.1) is 0 Å². The Morgan fingerprint density at radius 2 is 2.13 bits per heavy atom. The minimum Gasteiger partial charge on any atom is -0.380 e. The van der Waals surface area contributed by atoms with Crippen molar-refractivity contribution in [2.24, 2.45) is 0 Å². The molecule has 2 aliphatic heterocycles. The summed E-state index contributed by atoms with van der Waals surface area (Å²) in [5, 5.41) is 6.44. The number of ether oxygens (including phenoxy) is 1. The van der Waals surface area contributed by atoms with Crippen LogP contribution in [0.15, 0.2) is 0 Å². The second-order valence-corrected chi connectivity index (χ2v) is 4.47. The van der Waals surface area contributed by atoms with Crippen LogP contribution in [-0.2, 0) is 9.53 Å². The zero-order chi connectivity index (χ0) is 10.5. The molecule has 0 aromatic rings. The molecular weight excluding hydrogens is 192 g/mol. The molecular formula is C11H20N2O2. The van der Waals surface area contributed by atoms with Crippen molar-refractivity contribution in [2.75, 3.05) is 19.8 Å². The largest absolute Gasteiger partial charge is 0.380 e. The Labute approximate surface area is 90.8 Å². The Hall–Kier alpha value is -0.610. The van der Waals surface area contributed by atoms with Crippen molar-refractivity contribution in [3.8, 4) is 0 Å². The van der Waals surface area contributed by atoms with Crippen molar-refractivity contribution in [3.63, 3.8) is 0 Å². The standard InChI is InChI=1S/C11H20N2O2/c14-11-7-9(3-1-5-12-11)13-10-4-2-6-15-8-10/h9-10,13H,1-8H2,(H,12,14). The van der Waals surface area contributed by atoms with Crippen molar-refractivity contribution in [1.29, 1.82) is 0 Å². The molecule has 86 valence electrons. The van der Waals surface area contributed by atoms with E-state index in [-0.39, 0.29) is 5.91 Å². The van der Waals surface area contributed by atoms with E-state index in [1.165, 1.54) is 6.42 Å². The van der Waals surface area contributed by atoms with Crippen molar-refractivity contribution in [1.82, 2.24) is 10.6 Å². The molecule has 2 N–H and O–H groups in total. The zero-order valence-corrected chi connectivity index (χ0v) is 9.13. The Balaban J connectivity index is 1.78. The van der Waals surface area contributed by atoms with Gasteiger partial charge in [0.2, 0.25) is 5.91 Å². The lowest BCUT2D eigenvalue weighted by molar-refractivity contribution is -0.121. The number of hydrogen-bond donors (Lipinski definition) is 2. The van der Waals surface area contributed by atoms with Crippen LogP contribution in [0.3, 0.4) is 0 Å². The summed E-state index contributed by atoms with van der Waals surface area (Å²) >= 11 is 0. The average molecular weight is 212 g/mol. The van der Waals surface area contributed by atoms with Crippen LogP contribution in [0.2, 0.25) is 0 Å². The van der Waals surface area contributed by atoms with E-state index in [1.807, 2.05) is 0 Å². The molecule has 0 bridgehead atoms. The molecule has 15 heavy (non-hydrogen) atoms. The van der Waals surface area contributed by atoms with Gasteiger partial charge in [-0.3, -0.25) is 4.79 Å². The molecule has 0 aromatic carbocycles. The molecule has 4 heteroatoms. The Bertz CT molecular complexity index is 215. The smallest absolute Gasteiger partial charge is 0.221 e. The highest BCUT2D eigenvalue weighted by molar-refractivity contribution is 5.76. The van der Waals surface area contributed by atoms with Crippen LogP contribution in [0.1, 0.15) is 32.1 Å². The second-order valence-electron chi connectivity index (χ2n) is 4.47. The van der Waals surface area contributed by atoms with Crippen molar-refractivity contribution >= 4 is 5.91 Å². The quantitative estimate of drug-likeness (QED) is 0.697. The van der Waals surface area contributed by atoms with Crippen LogP contribution in [0.5, 0.6) is 0 Å². The summed E-state index contributed by atoms with van der Waals surface area (Å²) in [4.78, 5) is 11.4. The predicted molar refractivity (Wildman–Crippen MR) is 57.6 cm³/mol. The number of nitrogens with one attached hydrogen (secondary N) is 2. The predicted octanol–water partition coefficient (Wildman–Crippen LogP) is 0.424. The maximum Gasteiger partial charge on any atom is 0.221 e. The maximum atomic E-state index is 11.4. The summed E-state index contributed by atoms with van der Waals surface area (Å²) in [5.74, 6) is 0.182. The lowest BCUT2D eigenvalue weighted by Gasteiger charge is -2.27. The minimum absolute atomic E-state index is 0.182. The van der Waals surface area contributed by atoms with E-state index in [1.54, 1.807) is 0 Å². The minimum atomic E-state index is 0.182. The second kappa shape index (κ2) is 5.47. The maximum absolute atomic E-state index is 11.4. The molecule has 2 unspecified atom stereocenters. The summed E-state index contributed by atoms with van der Waals surface area (Å²) in [7, 11) is 0. The molecule has 0 aliphatic carbocycles. The van der Waals surface area contributed by atoms with Crippen molar-refractivity contribution in [3.05, 3.63) is 0 Å². The van der Waals surface area contributed by atoms with Gasteiger partial charge < -0.3 is 15.4 Å². The third-order valence-electron chi connectivity index (χ3n) is 3.12. The van der Waals surface area contributed by atoms with Gasteiger partial charge in [0.25, 0.3) is 0 Å². The van der Waals surface area contributed by atoms with E-state index in [2.05, 4.69) is 10.6 Å². The normalized spacial score (nSPS) is 33.2. The number of rotatable bonds is 2. The first-order chi connectivity index (χ1) is 7.34. The molecule has 2 saturated heterocycles. The summed E-state index contributed by atoms with van der Waals surface area (Å²) < 4.78 is 5.42. The van der Waals surface area contributed by atoms with E-state index in [0.717, 1.165) is 39.0 Å². The lowest BCUT2D eigenvalue weighted by Crippen LogP contribution is -2.44. The molecule has 0 radical (unpaired) electrons. The topological polar surface area (TPSA) is 50.4 Å². The Morgan fingerprint density at radius 1 is 1.27 bits per heavy atom. The number of amides is 1. The fourth-order valence-electron chi connectivity index (χ4n) is 2.32. The SMILES string of the molecule is O=C1CC(NC2CCCOC2)CCCN1. The summed E-state index contributed by atoms with van der Waals surface area (Å²) in [6.07, 6.45) is 5.11. The number of carbonyl (C=O) groups is 1. The fourth-order valence-corrected chi connectivity index (χ4v) is 2.32. The fraction of sp³-hybridized carbons (Fsp3) is 0.909. The number of carbonyl (C=O) groups excluding carboxylic acids is 1. The Morgan fingerprint density at radius 3 is 2.93 bits per heavy atom. The number of hydrogen-bond acceptors (Lipinski definition) is 3. The first-order valence-corrected chi connectivity index (χ1v) is 5.95. The van der Waals surface area contributed by atoms with E-state index in [0.29, 0.717) is 18.5 Å². The van der Waals surface area contributed by atoms with Gasteiger partial charge in [-0.15, -0.1) is 0 Å². The van der Waals surface area contributed by atoms with Crippen molar-refractivity contribution < 1.29 is 9.53 Å². The third kappa shape index (κ3) is 3.47. The van der Waals surface area contributed by atoms with Gasteiger partial charge in [-0.2, -0.15) is 0 Å². The van der Waals surface area contributed by atoms with Gasteiger partial charge in [-0.25, -0.2) is 0 Å². The van der Waals surface area contributed by atoms with Gasteiger partial charge in [0.1, 0.15) is 0 Å². The van der Waals surface area contributed by atoms with Crippen LogP contribution < -0.4 is 10.6 Å². The van der Waals surface area contributed by atoms with Gasteiger partial charge in [-0.05, 0) is 25.7 Å². The highest BCUT2D eigenvalue weighted by Crippen LogP contribution is 2.11. The van der Waals surface area contributed by atoms with E-state index >= 15 is 0 Å². The highest BCUT2D eigenvalue weighted by Gasteiger charge is 2.21. The summed E-state index contributed by atoms with van der Waals surface area (Å²) in [6.45, 7) is 2.53. The molecule has 2 fully saturated rings. The monoisotopic (exact) mass is 212 g/mol. The van der Waals surface area contributed by atoms with Crippen LogP contribution >= 0.6 is 0 Å². The first kappa shape index (κ1) is 10.9. The van der Waals surface area contributed by atoms with Crippen molar-refractivity contribution in [2.45, 2.75) is 44.2 Å². The van der Waals surface area contributed by atoms with Crippen LogP contribution in [0.25, 0.3) is 0 Å². The molecule has 4 nitrogen and oxygen atoms in total. The molecule has 2 heterocycles. The first-order valence-electron chi connectivity index (χ1n) is 5.95. The summed E-state index contributed by atoms with van der Waals surface area (Å²) in [6, 6.07) is 0.800. The molecule has 1 amide bonds.